The van der Waals surface area contributed by atoms with Crippen molar-refractivity contribution < 1.29 is 14.7 Å². The van der Waals surface area contributed by atoms with Crippen molar-refractivity contribution in [2.24, 2.45) is 11.7 Å². The number of carboxylic acid groups (broad SMARTS) is 1. The second-order valence-electron chi connectivity index (χ2n) is 4.98. The average Bonchev–Trinajstić information content (AvgIpc) is 2.20. The number of aromatic nitrogens is 1. The van der Waals surface area contributed by atoms with Gasteiger partial charge in [0.05, 0.1) is 23.4 Å². The van der Waals surface area contributed by atoms with Gasteiger partial charge in [0.25, 0.3) is 5.91 Å². The number of amides is 1. The van der Waals surface area contributed by atoms with Gasteiger partial charge in [-0.05, 0) is 19.9 Å². The van der Waals surface area contributed by atoms with E-state index in [1.54, 1.807) is 6.92 Å². The maximum Gasteiger partial charge on any atom is 0.303 e. The molecule has 1 aliphatic rings. The van der Waals surface area contributed by atoms with Crippen molar-refractivity contribution >= 4 is 17.6 Å². The first-order chi connectivity index (χ1) is 8.88. The highest BCUT2D eigenvalue weighted by molar-refractivity contribution is 6.00. The summed E-state index contributed by atoms with van der Waals surface area (Å²) in [4.78, 5) is 28.4. The van der Waals surface area contributed by atoms with Gasteiger partial charge in [-0.2, -0.15) is 0 Å². The summed E-state index contributed by atoms with van der Waals surface area (Å²) in [5, 5.41) is 8.73. The minimum Gasteiger partial charge on any atom is -0.481 e. The molecule has 6 nitrogen and oxygen atoms in total. The molecule has 3 N–H and O–H groups in total. The molecule has 0 radical (unpaired) electrons. The molecule has 102 valence electrons. The highest BCUT2D eigenvalue weighted by atomic mass is 16.4. The van der Waals surface area contributed by atoms with E-state index in [0.717, 1.165) is 11.4 Å². The number of hydrogen-bond donors (Lipinski definition) is 2. The second-order valence-corrected chi connectivity index (χ2v) is 4.98. The van der Waals surface area contributed by atoms with Gasteiger partial charge in [0, 0.05) is 24.7 Å². The van der Waals surface area contributed by atoms with Crippen LogP contribution in [0.1, 0.15) is 28.2 Å². The van der Waals surface area contributed by atoms with Crippen LogP contribution in [0.4, 0.5) is 5.69 Å². The lowest BCUT2D eigenvalue weighted by molar-refractivity contribution is -0.138. The Balaban J connectivity index is 2.22. The Morgan fingerprint density at radius 1 is 1.47 bits per heavy atom. The maximum absolute atomic E-state index is 11.5. The van der Waals surface area contributed by atoms with Crippen LogP contribution < -0.4 is 10.6 Å². The summed E-state index contributed by atoms with van der Waals surface area (Å²) in [7, 11) is 0. The molecule has 1 saturated heterocycles. The number of nitrogens with zero attached hydrogens (tertiary/aromatic N) is 2. The number of rotatable bonds is 4. The van der Waals surface area contributed by atoms with Gasteiger partial charge < -0.3 is 15.7 Å². The predicted octanol–water partition coefficient (Wildman–Crippen LogP) is 0.708. The zero-order valence-corrected chi connectivity index (χ0v) is 11.0. The lowest BCUT2D eigenvalue weighted by Crippen LogP contribution is -2.48. The van der Waals surface area contributed by atoms with E-state index in [2.05, 4.69) is 4.98 Å². The van der Waals surface area contributed by atoms with E-state index in [1.807, 2.05) is 17.9 Å². The fourth-order valence-corrected chi connectivity index (χ4v) is 2.50. The Labute approximate surface area is 111 Å². The standard InChI is InChI=1S/C13H17N3O3/c1-7-3-10(12(13(14)19)8(2)15-7)16-5-9(6-16)4-11(17)18/h3,9H,4-6H2,1-2H3,(H2,14,19)(H,17,18). The highest BCUT2D eigenvalue weighted by Gasteiger charge is 2.31. The summed E-state index contributed by atoms with van der Waals surface area (Å²) in [5.41, 5.74) is 8.02. The first-order valence-corrected chi connectivity index (χ1v) is 6.13. The molecule has 1 aromatic rings. The molecule has 0 unspecified atom stereocenters. The number of carboxylic acids is 1. The first kappa shape index (κ1) is 13.3. The largest absolute Gasteiger partial charge is 0.481 e. The minimum atomic E-state index is -0.790. The molecule has 1 aromatic heterocycles. The fourth-order valence-electron chi connectivity index (χ4n) is 2.50. The molecular weight excluding hydrogens is 246 g/mol. The van der Waals surface area contributed by atoms with Crippen LogP contribution in [-0.4, -0.2) is 35.1 Å². The normalized spacial score (nSPS) is 15.2. The van der Waals surface area contributed by atoms with E-state index >= 15 is 0 Å². The van der Waals surface area contributed by atoms with Crippen LogP contribution in [0.3, 0.4) is 0 Å². The third-order valence-electron chi connectivity index (χ3n) is 3.32. The lowest BCUT2D eigenvalue weighted by atomic mass is 9.94. The molecule has 0 aliphatic carbocycles. The van der Waals surface area contributed by atoms with Gasteiger partial charge in [-0.3, -0.25) is 14.6 Å². The van der Waals surface area contributed by atoms with Crippen LogP contribution in [0.15, 0.2) is 6.07 Å². The molecule has 19 heavy (non-hydrogen) atoms. The van der Waals surface area contributed by atoms with E-state index in [0.29, 0.717) is 24.3 Å². The molecule has 0 aromatic carbocycles. The van der Waals surface area contributed by atoms with Gasteiger partial charge in [0.15, 0.2) is 0 Å². The molecule has 0 spiro atoms. The third kappa shape index (κ3) is 2.67. The van der Waals surface area contributed by atoms with E-state index < -0.39 is 11.9 Å². The van der Waals surface area contributed by atoms with Crippen LogP contribution in [0.5, 0.6) is 0 Å². The van der Waals surface area contributed by atoms with E-state index in [-0.39, 0.29) is 12.3 Å². The van der Waals surface area contributed by atoms with Crippen molar-refractivity contribution in [3.63, 3.8) is 0 Å². The smallest absolute Gasteiger partial charge is 0.303 e. The molecule has 1 aliphatic heterocycles. The topological polar surface area (TPSA) is 96.5 Å². The van der Waals surface area contributed by atoms with Crippen molar-refractivity contribution in [2.45, 2.75) is 20.3 Å². The molecule has 6 heteroatoms. The summed E-state index contributed by atoms with van der Waals surface area (Å²) < 4.78 is 0. The van der Waals surface area contributed by atoms with Crippen LogP contribution in [0, 0.1) is 19.8 Å². The summed E-state index contributed by atoms with van der Waals surface area (Å²) in [6.45, 7) is 4.88. The summed E-state index contributed by atoms with van der Waals surface area (Å²) in [5.74, 6) is -1.16. The van der Waals surface area contributed by atoms with E-state index in [4.69, 9.17) is 10.8 Å². The Bertz CT molecular complexity index is 536. The summed E-state index contributed by atoms with van der Waals surface area (Å²) >= 11 is 0. The molecule has 0 saturated carbocycles. The van der Waals surface area contributed by atoms with E-state index in [9.17, 15) is 9.59 Å². The van der Waals surface area contributed by atoms with Crippen LogP contribution in [0.2, 0.25) is 0 Å². The summed E-state index contributed by atoms with van der Waals surface area (Å²) in [6.07, 6.45) is 0.158. The fraction of sp³-hybridized carbons (Fsp3) is 0.462. The Morgan fingerprint density at radius 3 is 2.63 bits per heavy atom. The van der Waals surface area contributed by atoms with Gasteiger partial charge in [-0.25, -0.2) is 0 Å². The maximum atomic E-state index is 11.5. The number of aryl methyl sites for hydroxylation is 2. The quantitative estimate of drug-likeness (QED) is 0.833. The minimum absolute atomic E-state index is 0.131. The number of carbonyl (C=O) groups is 2. The molecular formula is C13H17N3O3. The Morgan fingerprint density at radius 2 is 2.11 bits per heavy atom. The van der Waals surface area contributed by atoms with E-state index in [1.165, 1.54) is 0 Å². The second kappa shape index (κ2) is 4.87. The monoisotopic (exact) mass is 263 g/mol. The number of carbonyl (C=O) groups excluding carboxylic acids is 1. The van der Waals surface area contributed by atoms with Crippen LogP contribution in [0.25, 0.3) is 0 Å². The SMILES string of the molecule is Cc1cc(N2CC(CC(=O)O)C2)c(C(N)=O)c(C)n1. The van der Waals surface area contributed by atoms with Gasteiger partial charge in [0.2, 0.25) is 0 Å². The number of nitrogens with two attached hydrogens (primary N) is 1. The van der Waals surface area contributed by atoms with Crippen molar-refractivity contribution in [3.8, 4) is 0 Å². The number of hydrogen-bond acceptors (Lipinski definition) is 4. The molecule has 1 amide bonds. The molecule has 0 bridgehead atoms. The number of primary amides is 1. The van der Waals surface area contributed by atoms with Crippen molar-refractivity contribution in [1.29, 1.82) is 0 Å². The van der Waals surface area contributed by atoms with Crippen LogP contribution >= 0.6 is 0 Å². The number of anilines is 1. The summed E-state index contributed by atoms with van der Waals surface area (Å²) in [6, 6.07) is 1.82. The van der Waals surface area contributed by atoms with Crippen molar-refractivity contribution in [2.75, 3.05) is 18.0 Å². The Hall–Kier alpha value is -2.11. The lowest BCUT2D eigenvalue weighted by Gasteiger charge is -2.41. The molecule has 0 atom stereocenters. The van der Waals surface area contributed by atoms with Crippen LogP contribution in [-0.2, 0) is 4.79 Å². The first-order valence-electron chi connectivity index (χ1n) is 6.13. The molecule has 2 heterocycles. The highest BCUT2D eigenvalue weighted by Crippen LogP contribution is 2.31. The molecule has 1 fully saturated rings. The van der Waals surface area contributed by atoms with Gasteiger partial charge in [-0.15, -0.1) is 0 Å². The van der Waals surface area contributed by atoms with Crippen molar-refractivity contribution in [1.82, 2.24) is 4.98 Å². The van der Waals surface area contributed by atoms with Gasteiger partial charge >= 0.3 is 5.97 Å². The third-order valence-corrected chi connectivity index (χ3v) is 3.32. The van der Waals surface area contributed by atoms with Crippen molar-refractivity contribution in [3.05, 3.63) is 23.0 Å². The average molecular weight is 263 g/mol. The predicted molar refractivity (Wildman–Crippen MR) is 70.2 cm³/mol. The zero-order chi connectivity index (χ0) is 14.2. The number of pyridine rings is 1. The van der Waals surface area contributed by atoms with Gasteiger partial charge in [-0.1, -0.05) is 0 Å². The molecule has 2 rings (SSSR count). The van der Waals surface area contributed by atoms with Gasteiger partial charge in [0.1, 0.15) is 0 Å². The Kier molecular flexibility index (Phi) is 3.42. The number of aliphatic carboxylic acids is 1. The zero-order valence-electron chi connectivity index (χ0n) is 11.0.